The first-order chi connectivity index (χ1) is 7.51. The summed E-state index contributed by atoms with van der Waals surface area (Å²) in [6.45, 7) is 4.24. The summed E-state index contributed by atoms with van der Waals surface area (Å²) >= 11 is 0. The molecule has 1 rings (SSSR count). The third-order valence-corrected chi connectivity index (χ3v) is 2.96. The Labute approximate surface area is 95.2 Å². The Morgan fingerprint density at radius 3 is 2.56 bits per heavy atom. The number of nitrogens with one attached hydrogen (secondary N) is 1. The van der Waals surface area contributed by atoms with E-state index in [0.717, 1.165) is 32.4 Å². The van der Waals surface area contributed by atoms with Crippen molar-refractivity contribution in [2.75, 3.05) is 32.7 Å². The molecule has 96 valence electrons. The summed E-state index contributed by atoms with van der Waals surface area (Å²) in [6.07, 6.45) is -1.31. The van der Waals surface area contributed by atoms with E-state index in [9.17, 15) is 13.2 Å². The molecule has 5 heteroatoms. The van der Waals surface area contributed by atoms with Gasteiger partial charge in [-0.25, -0.2) is 0 Å². The number of hydrogen-bond acceptors (Lipinski definition) is 2. The number of hydrogen-bond donors (Lipinski definition) is 1. The SMILES string of the molecule is CCCN(CCC1CCNC1)CC(F)(F)F. The van der Waals surface area contributed by atoms with E-state index >= 15 is 0 Å². The summed E-state index contributed by atoms with van der Waals surface area (Å²) in [5.74, 6) is 0.563. The highest BCUT2D eigenvalue weighted by Gasteiger charge is 2.30. The Balaban J connectivity index is 2.26. The lowest BCUT2D eigenvalue weighted by Gasteiger charge is -2.24. The largest absolute Gasteiger partial charge is 0.401 e. The molecule has 1 unspecified atom stereocenters. The van der Waals surface area contributed by atoms with Gasteiger partial charge in [0.1, 0.15) is 0 Å². The second-order valence-corrected chi connectivity index (χ2v) is 4.54. The molecule has 0 aromatic heterocycles. The fourth-order valence-corrected chi connectivity index (χ4v) is 2.17. The second kappa shape index (κ2) is 6.45. The summed E-state index contributed by atoms with van der Waals surface area (Å²) in [7, 11) is 0. The zero-order chi connectivity index (χ0) is 12.0. The molecule has 0 aromatic carbocycles. The normalized spacial score (nSPS) is 21.9. The maximum absolute atomic E-state index is 12.3. The Morgan fingerprint density at radius 2 is 2.06 bits per heavy atom. The summed E-state index contributed by atoms with van der Waals surface area (Å²) in [4.78, 5) is 1.53. The van der Waals surface area contributed by atoms with Crippen molar-refractivity contribution in [1.82, 2.24) is 10.2 Å². The van der Waals surface area contributed by atoms with Crippen molar-refractivity contribution < 1.29 is 13.2 Å². The molecule has 2 nitrogen and oxygen atoms in total. The van der Waals surface area contributed by atoms with Gasteiger partial charge < -0.3 is 5.32 Å². The van der Waals surface area contributed by atoms with Crippen LogP contribution in [0.1, 0.15) is 26.2 Å². The lowest BCUT2D eigenvalue weighted by atomic mass is 10.0. The minimum absolute atomic E-state index is 0.541. The summed E-state index contributed by atoms with van der Waals surface area (Å²) in [6, 6.07) is 0. The van der Waals surface area contributed by atoms with E-state index < -0.39 is 12.7 Å². The molecule has 0 amide bonds. The van der Waals surface area contributed by atoms with E-state index in [1.54, 1.807) is 0 Å². The molecular weight excluding hydrogens is 217 g/mol. The number of rotatable bonds is 6. The van der Waals surface area contributed by atoms with Gasteiger partial charge >= 0.3 is 6.18 Å². The summed E-state index contributed by atoms with van der Waals surface area (Å²) in [5, 5.41) is 3.24. The predicted octanol–water partition coefficient (Wildman–Crippen LogP) is 2.26. The van der Waals surface area contributed by atoms with Gasteiger partial charge in [0.15, 0.2) is 0 Å². The molecule has 1 N–H and O–H groups in total. The Hall–Kier alpha value is -0.290. The maximum Gasteiger partial charge on any atom is 0.401 e. The molecule has 1 fully saturated rings. The van der Waals surface area contributed by atoms with Gasteiger partial charge in [-0.15, -0.1) is 0 Å². The van der Waals surface area contributed by atoms with Crippen molar-refractivity contribution in [3.05, 3.63) is 0 Å². The standard InChI is InChI=1S/C11H21F3N2/c1-2-6-16(9-11(12,13)14)7-4-10-3-5-15-8-10/h10,15H,2-9H2,1H3. The topological polar surface area (TPSA) is 15.3 Å². The molecule has 1 aliphatic heterocycles. The van der Waals surface area contributed by atoms with Crippen molar-refractivity contribution in [3.8, 4) is 0 Å². The zero-order valence-corrected chi connectivity index (χ0v) is 9.82. The highest BCUT2D eigenvalue weighted by atomic mass is 19.4. The minimum atomic E-state index is -4.07. The first-order valence-corrected chi connectivity index (χ1v) is 6.01. The molecule has 0 bridgehead atoms. The van der Waals surface area contributed by atoms with Crippen molar-refractivity contribution in [2.45, 2.75) is 32.4 Å². The summed E-state index contributed by atoms with van der Waals surface area (Å²) < 4.78 is 36.8. The number of halogens is 3. The average Bonchev–Trinajstić information content (AvgIpc) is 2.64. The molecule has 0 saturated carbocycles. The van der Waals surface area contributed by atoms with Crippen LogP contribution in [-0.4, -0.2) is 43.8 Å². The van der Waals surface area contributed by atoms with Crippen molar-refractivity contribution in [1.29, 1.82) is 0 Å². The van der Waals surface area contributed by atoms with Crippen LogP contribution >= 0.6 is 0 Å². The highest BCUT2D eigenvalue weighted by Crippen LogP contribution is 2.18. The lowest BCUT2D eigenvalue weighted by molar-refractivity contribution is -0.146. The molecule has 1 saturated heterocycles. The molecule has 1 heterocycles. The van der Waals surface area contributed by atoms with Crippen LogP contribution < -0.4 is 5.32 Å². The van der Waals surface area contributed by atoms with E-state index in [-0.39, 0.29) is 0 Å². The van der Waals surface area contributed by atoms with E-state index in [4.69, 9.17) is 0 Å². The second-order valence-electron chi connectivity index (χ2n) is 4.54. The van der Waals surface area contributed by atoms with Gasteiger partial charge in [0.25, 0.3) is 0 Å². The van der Waals surface area contributed by atoms with Crippen LogP contribution in [-0.2, 0) is 0 Å². The van der Waals surface area contributed by atoms with Crippen LogP contribution in [0.4, 0.5) is 13.2 Å². The van der Waals surface area contributed by atoms with Crippen molar-refractivity contribution >= 4 is 0 Å². The predicted molar refractivity (Wildman–Crippen MR) is 58.4 cm³/mol. The average molecular weight is 238 g/mol. The van der Waals surface area contributed by atoms with E-state index in [1.807, 2.05) is 6.92 Å². The first kappa shape index (κ1) is 13.8. The van der Waals surface area contributed by atoms with Crippen molar-refractivity contribution in [3.63, 3.8) is 0 Å². The fraction of sp³-hybridized carbons (Fsp3) is 1.00. The Bertz CT molecular complexity index is 188. The van der Waals surface area contributed by atoms with Crippen LogP contribution in [0.25, 0.3) is 0 Å². The van der Waals surface area contributed by atoms with Crippen LogP contribution in [0, 0.1) is 5.92 Å². The Kier molecular flexibility index (Phi) is 5.55. The van der Waals surface area contributed by atoms with Crippen molar-refractivity contribution in [2.24, 2.45) is 5.92 Å². The third kappa shape index (κ3) is 5.70. The molecule has 16 heavy (non-hydrogen) atoms. The quantitative estimate of drug-likeness (QED) is 0.763. The van der Waals surface area contributed by atoms with Crippen LogP contribution in [0.5, 0.6) is 0 Å². The summed E-state index contributed by atoms with van der Waals surface area (Å²) in [5.41, 5.74) is 0. The Morgan fingerprint density at radius 1 is 1.31 bits per heavy atom. The lowest BCUT2D eigenvalue weighted by Crippen LogP contribution is -2.36. The molecule has 0 spiro atoms. The maximum atomic E-state index is 12.3. The number of nitrogens with zero attached hydrogens (tertiary/aromatic N) is 1. The fourth-order valence-electron chi connectivity index (χ4n) is 2.17. The highest BCUT2D eigenvalue weighted by molar-refractivity contribution is 4.73. The van der Waals surface area contributed by atoms with Gasteiger partial charge in [-0.3, -0.25) is 4.90 Å². The zero-order valence-electron chi connectivity index (χ0n) is 9.82. The van der Waals surface area contributed by atoms with Crippen LogP contribution in [0.15, 0.2) is 0 Å². The molecule has 1 atom stereocenters. The monoisotopic (exact) mass is 238 g/mol. The van der Waals surface area contributed by atoms with E-state index in [2.05, 4.69) is 5.32 Å². The third-order valence-electron chi connectivity index (χ3n) is 2.96. The van der Waals surface area contributed by atoms with Gasteiger partial charge in [-0.2, -0.15) is 13.2 Å². The molecule has 0 aromatic rings. The van der Waals surface area contributed by atoms with Gasteiger partial charge in [-0.1, -0.05) is 6.92 Å². The van der Waals surface area contributed by atoms with E-state index in [1.165, 1.54) is 4.90 Å². The van der Waals surface area contributed by atoms with Crippen LogP contribution in [0.3, 0.4) is 0 Å². The minimum Gasteiger partial charge on any atom is -0.316 e. The molecule has 0 radical (unpaired) electrons. The number of alkyl halides is 3. The first-order valence-electron chi connectivity index (χ1n) is 6.01. The molecule has 1 aliphatic rings. The van der Waals surface area contributed by atoms with Gasteiger partial charge in [0, 0.05) is 0 Å². The molecule has 0 aliphatic carbocycles. The van der Waals surface area contributed by atoms with Gasteiger partial charge in [0.05, 0.1) is 6.54 Å². The van der Waals surface area contributed by atoms with E-state index in [0.29, 0.717) is 19.0 Å². The van der Waals surface area contributed by atoms with Gasteiger partial charge in [-0.05, 0) is 51.4 Å². The van der Waals surface area contributed by atoms with Crippen LogP contribution in [0.2, 0.25) is 0 Å². The molecular formula is C11H21F3N2. The van der Waals surface area contributed by atoms with Gasteiger partial charge in [0.2, 0.25) is 0 Å². The smallest absolute Gasteiger partial charge is 0.316 e.